The molecule has 1 saturated carbocycles. The Morgan fingerprint density at radius 1 is 1.09 bits per heavy atom. The Balaban J connectivity index is 1.10. The van der Waals surface area contributed by atoms with Gasteiger partial charge in [0, 0.05) is 36.5 Å². The highest BCUT2D eigenvalue weighted by Gasteiger charge is 2.39. The molecule has 6 nitrogen and oxygen atoms in total. The van der Waals surface area contributed by atoms with Gasteiger partial charge in [-0.15, -0.1) is 0 Å². The Labute approximate surface area is 200 Å². The first-order valence-corrected chi connectivity index (χ1v) is 13.6. The summed E-state index contributed by atoms with van der Waals surface area (Å²) in [5, 5.41) is 9.26. The van der Waals surface area contributed by atoms with Crippen LogP contribution in [0.15, 0.2) is 47.4 Å². The number of sulfonamides is 1. The molecule has 0 amide bonds. The van der Waals surface area contributed by atoms with Gasteiger partial charge in [0.15, 0.2) is 0 Å². The predicted molar refractivity (Wildman–Crippen MR) is 126 cm³/mol. The summed E-state index contributed by atoms with van der Waals surface area (Å²) in [6.07, 6.45) is 4.79. The topological polar surface area (TPSA) is 82.4 Å². The van der Waals surface area contributed by atoms with Crippen LogP contribution >= 0.6 is 0 Å². The van der Waals surface area contributed by atoms with Crippen LogP contribution in [0.5, 0.6) is 5.75 Å². The lowest BCUT2D eigenvalue weighted by atomic mass is 9.84. The van der Waals surface area contributed by atoms with E-state index in [1.807, 2.05) is 18.2 Å². The van der Waals surface area contributed by atoms with E-state index in [4.69, 9.17) is 4.74 Å². The van der Waals surface area contributed by atoms with Crippen LogP contribution in [-0.2, 0) is 10.0 Å². The minimum atomic E-state index is -3.62. The van der Waals surface area contributed by atoms with Gasteiger partial charge in [-0.1, -0.05) is 0 Å². The summed E-state index contributed by atoms with van der Waals surface area (Å²) >= 11 is 0. The Kier molecular flexibility index (Phi) is 6.61. The number of benzene rings is 2. The highest BCUT2D eigenvalue weighted by atomic mass is 32.2. The van der Waals surface area contributed by atoms with Crippen LogP contribution in [0.4, 0.5) is 4.39 Å². The van der Waals surface area contributed by atoms with Gasteiger partial charge in [0.25, 0.3) is 0 Å². The molecule has 0 bridgehead atoms. The zero-order valence-electron chi connectivity index (χ0n) is 19.1. The summed E-state index contributed by atoms with van der Waals surface area (Å²) in [7, 11) is -3.62. The summed E-state index contributed by atoms with van der Waals surface area (Å²) < 4.78 is 47.0. The molecular weight excluding hydrogens is 453 g/mol. The van der Waals surface area contributed by atoms with Crippen LogP contribution in [0.2, 0.25) is 0 Å². The molecule has 0 aromatic heterocycles. The van der Waals surface area contributed by atoms with E-state index in [1.165, 1.54) is 29.8 Å². The molecule has 0 radical (unpaired) electrons. The minimum absolute atomic E-state index is 0.0658. The molecule has 2 fully saturated rings. The van der Waals surface area contributed by atoms with Crippen LogP contribution in [-0.4, -0.2) is 45.6 Å². The van der Waals surface area contributed by atoms with Crippen LogP contribution in [0.1, 0.15) is 49.1 Å². The molecule has 1 aliphatic carbocycles. The fraction of sp³-hybridized carbons (Fsp3) is 0.500. The number of ether oxygens (including phenoxy) is 1. The number of fused-ring (bicyclic) bond motifs is 3. The molecule has 2 aromatic rings. The quantitative estimate of drug-likeness (QED) is 0.671. The average molecular weight is 484 g/mol. The largest absolute Gasteiger partial charge is 0.493 e. The minimum Gasteiger partial charge on any atom is -0.493 e. The standard InChI is InChI=1S/C26H30FN3O3S/c27-21-4-8-23(9-5-21)34(31,32)29-22-6-1-18(2-7-22)11-12-30-15-20-17-33-26-10-3-19(14-28)13-24(26)25(20)16-30/h3-5,8-10,13,18,20,22,25,29H,1-2,6-7,11-12,15-17H2/t18-,20-,22-,25+/m0/s1. The maximum absolute atomic E-state index is 13.1. The van der Waals surface area contributed by atoms with E-state index in [-0.39, 0.29) is 10.9 Å². The van der Waals surface area contributed by atoms with Crippen molar-refractivity contribution in [2.45, 2.75) is 49.0 Å². The molecule has 2 atom stereocenters. The lowest BCUT2D eigenvalue weighted by Gasteiger charge is -2.30. The summed E-state index contributed by atoms with van der Waals surface area (Å²) in [4.78, 5) is 2.63. The SMILES string of the molecule is N#Cc1ccc2c(c1)[C@@H]1CN(CC[C@H]3CC[C@H](NS(=O)(=O)c4ccc(F)cc4)CC3)C[C@H]1CO2. The second-order valence-electron chi connectivity index (χ2n) is 9.88. The lowest BCUT2D eigenvalue weighted by molar-refractivity contribution is 0.208. The Morgan fingerprint density at radius 2 is 1.85 bits per heavy atom. The molecule has 0 unspecified atom stereocenters. The molecule has 1 saturated heterocycles. The molecule has 8 heteroatoms. The monoisotopic (exact) mass is 483 g/mol. The van der Waals surface area contributed by atoms with E-state index in [9.17, 15) is 18.1 Å². The third-order valence-electron chi connectivity index (χ3n) is 7.65. The smallest absolute Gasteiger partial charge is 0.240 e. The molecule has 1 N–H and O–H groups in total. The van der Waals surface area contributed by atoms with E-state index >= 15 is 0 Å². The molecular formula is C26H30FN3O3S. The van der Waals surface area contributed by atoms with Gasteiger partial charge in [-0.2, -0.15) is 5.26 Å². The highest BCUT2D eigenvalue weighted by molar-refractivity contribution is 7.89. The second kappa shape index (κ2) is 9.65. The first-order valence-electron chi connectivity index (χ1n) is 12.1. The number of rotatable bonds is 6. The third-order valence-corrected chi connectivity index (χ3v) is 9.19. The molecule has 0 spiro atoms. The highest BCUT2D eigenvalue weighted by Crippen LogP contribution is 2.42. The van der Waals surface area contributed by atoms with Crippen molar-refractivity contribution in [2.75, 3.05) is 26.2 Å². The zero-order chi connectivity index (χ0) is 23.7. The van der Waals surface area contributed by atoms with Crippen LogP contribution in [0.25, 0.3) is 0 Å². The number of halogens is 1. The van der Waals surface area contributed by atoms with Crippen molar-refractivity contribution in [1.29, 1.82) is 5.26 Å². The predicted octanol–water partition coefficient (Wildman–Crippen LogP) is 4.03. The van der Waals surface area contributed by atoms with Crippen LogP contribution in [0, 0.1) is 29.0 Å². The molecule has 2 aromatic carbocycles. The van der Waals surface area contributed by atoms with E-state index < -0.39 is 15.8 Å². The Morgan fingerprint density at radius 3 is 2.59 bits per heavy atom. The van der Waals surface area contributed by atoms with Crippen molar-refractivity contribution in [2.24, 2.45) is 11.8 Å². The van der Waals surface area contributed by atoms with Gasteiger partial charge in [0.05, 0.1) is 23.1 Å². The van der Waals surface area contributed by atoms with Gasteiger partial charge in [-0.05, 0) is 87.0 Å². The van der Waals surface area contributed by atoms with Gasteiger partial charge >= 0.3 is 0 Å². The first kappa shape index (κ1) is 23.3. The van der Waals surface area contributed by atoms with Gasteiger partial charge < -0.3 is 9.64 Å². The van der Waals surface area contributed by atoms with E-state index in [0.717, 1.165) is 64.1 Å². The third kappa shape index (κ3) is 4.97. The molecule has 2 aliphatic heterocycles. The number of nitrogens with one attached hydrogen (secondary N) is 1. The van der Waals surface area contributed by atoms with Crippen molar-refractivity contribution in [3.63, 3.8) is 0 Å². The van der Waals surface area contributed by atoms with Crippen molar-refractivity contribution in [3.8, 4) is 11.8 Å². The second-order valence-corrected chi connectivity index (χ2v) is 11.6. The first-order chi connectivity index (χ1) is 16.4. The van der Waals surface area contributed by atoms with Gasteiger partial charge in [-0.3, -0.25) is 0 Å². The molecule has 180 valence electrons. The summed E-state index contributed by atoms with van der Waals surface area (Å²) in [5.74, 6) is 1.97. The van der Waals surface area contributed by atoms with Crippen molar-refractivity contribution in [3.05, 3.63) is 59.4 Å². The zero-order valence-corrected chi connectivity index (χ0v) is 19.9. The summed E-state index contributed by atoms with van der Waals surface area (Å²) in [6.45, 7) is 3.80. The fourth-order valence-corrected chi connectivity index (χ4v) is 7.04. The van der Waals surface area contributed by atoms with Crippen LogP contribution in [0.3, 0.4) is 0 Å². The summed E-state index contributed by atoms with van der Waals surface area (Å²) in [6, 6.07) is 12.9. The number of nitriles is 1. The van der Waals surface area contributed by atoms with Crippen molar-refractivity contribution < 1.29 is 17.5 Å². The van der Waals surface area contributed by atoms with E-state index in [2.05, 4.69) is 15.7 Å². The fourth-order valence-electron chi connectivity index (χ4n) is 5.74. The lowest BCUT2D eigenvalue weighted by Crippen LogP contribution is -2.38. The number of nitrogens with zero attached hydrogens (tertiary/aromatic N) is 2. The van der Waals surface area contributed by atoms with Crippen molar-refractivity contribution in [1.82, 2.24) is 9.62 Å². The van der Waals surface area contributed by atoms with Gasteiger partial charge in [0.2, 0.25) is 10.0 Å². The Hall–Kier alpha value is -2.47. The number of hydrogen-bond donors (Lipinski definition) is 1. The number of likely N-dealkylation sites (tertiary alicyclic amines) is 1. The van der Waals surface area contributed by atoms with Gasteiger partial charge in [0.1, 0.15) is 11.6 Å². The molecule has 34 heavy (non-hydrogen) atoms. The molecule has 5 rings (SSSR count). The Bertz CT molecular complexity index is 1170. The van der Waals surface area contributed by atoms with E-state index in [1.54, 1.807) is 0 Å². The van der Waals surface area contributed by atoms with E-state index in [0.29, 0.717) is 23.3 Å². The molecule has 2 heterocycles. The average Bonchev–Trinajstić information content (AvgIpc) is 3.27. The molecule has 3 aliphatic rings. The van der Waals surface area contributed by atoms with Crippen molar-refractivity contribution >= 4 is 10.0 Å². The normalized spacial score (nSPS) is 26.8. The maximum atomic E-state index is 13.1. The number of hydrogen-bond acceptors (Lipinski definition) is 5. The summed E-state index contributed by atoms with van der Waals surface area (Å²) in [5.41, 5.74) is 1.86. The maximum Gasteiger partial charge on any atom is 0.240 e. The van der Waals surface area contributed by atoms with Crippen LogP contribution < -0.4 is 9.46 Å². The van der Waals surface area contributed by atoms with Gasteiger partial charge in [-0.25, -0.2) is 17.5 Å².